The quantitative estimate of drug-likeness (QED) is 0.374. The van der Waals surface area contributed by atoms with Crippen LogP contribution in [0.1, 0.15) is 92.4 Å². The maximum atomic E-state index is 4.91. The summed E-state index contributed by atoms with van der Waals surface area (Å²) in [6.45, 7) is 17.1. The topological polar surface area (TPSA) is 0 Å². The first kappa shape index (κ1) is 19.4. The van der Waals surface area contributed by atoms with E-state index in [0.29, 0.717) is 21.5 Å². The molecule has 0 N–H and O–H groups in total. The molecule has 0 aromatic heterocycles. The van der Waals surface area contributed by atoms with Crippen LogP contribution < -0.4 is 0 Å². The fourth-order valence-electron chi connectivity index (χ4n) is 8.85. The van der Waals surface area contributed by atoms with Crippen LogP contribution in [0.15, 0.2) is 12.2 Å². The molecule has 4 saturated carbocycles. The van der Waals surface area contributed by atoms with Gasteiger partial charge in [0.25, 0.3) is 0 Å². The van der Waals surface area contributed by atoms with Crippen LogP contribution in [0.2, 0.25) is 0 Å². The van der Waals surface area contributed by atoms with Crippen LogP contribution >= 0.6 is 12.6 Å². The molecular weight excluding hydrogens is 332 g/mol. The van der Waals surface area contributed by atoms with Gasteiger partial charge in [0.15, 0.2) is 0 Å². The molecule has 0 aliphatic heterocycles. The number of allylic oxidation sites excluding steroid dienone is 1. The molecule has 0 heterocycles. The van der Waals surface area contributed by atoms with Crippen LogP contribution in [0.4, 0.5) is 0 Å². The second-order valence-corrected chi connectivity index (χ2v) is 12.5. The summed E-state index contributed by atoms with van der Waals surface area (Å²) in [6.07, 6.45) is 12.7. The van der Waals surface area contributed by atoms with Crippen molar-refractivity contribution in [2.24, 2.45) is 45.8 Å². The van der Waals surface area contributed by atoms with E-state index in [9.17, 15) is 0 Å². The van der Waals surface area contributed by atoms with Crippen LogP contribution in [0.25, 0.3) is 0 Å². The van der Waals surface area contributed by atoms with E-state index < -0.39 is 0 Å². The minimum Gasteiger partial charge on any atom is -0.176 e. The molecule has 9 unspecified atom stereocenters. The minimum absolute atomic E-state index is 0.530. The maximum Gasteiger partial charge on any atom is 0.00224 e. The lowest BCUT2D eigenvalue weighted by Gasteiger charge is -2.66. The van der Waals surface area contributed by atoms with Crippen molar-refractivity contribution in [2.45, 2.75) is 97.7 Å². The second kappa shape index (κ2) is 6.30. The van der Waals surface area contributed by atoms with E-state index in [0.717, 1.165) is 29.6 Å². The van der Waals surface area contributed by atoms with Crippen LogP contribution in [-0.2, 0) is 0 Å². The minimum atomic E-state index is 0.530. The van der Waals surface area contributed by atoms with Gasteiger partial charge in [-0.3, -0.25) is 0 Å². The number of hydrogen-bond donors (Lipinski definition) is 1. The first-order chi connectivity index (χ1) is 12.1. The van der Waals surface area contributed by atoms with Gasteiger partial charge >= 0.3 is 0 Å². The highest BCUT2D eigenvalue weighted by Gasteiger charge is 2.64. The van der Waals surface area contributed by atoms with E-state index in [4.69, 9.17) is 12.6 Å². The number of fused-ring (bicyclic) bond motifs is 5. The summed E-state index contributed by atoms with van der Waals surface area (Å²) in [5.74, 6) is 4.67. The van der Waals surface area contributed by atoms with Crippen LogP contribution in [0, 0.1) is 45.8 Å². The van der Waals surface area contributed by atoms with Crippen molar-refractivity contribution in [3.63, 3.8) is 0 Å². The normalized spacial score (nSPS) is 56.4. The van der Waals surface area contributed by atoms with Crippen molar-refractivity contribution >= 4 is 12.6 Å². The summed E-state index contributed by atoms with van der Waals surface area (Å²) in [7, 11) is 0. The first-order valence-corrected chi connectivity index (χ1v) is 12.0. The summed E-state index contributed by atoms with van der Waals surface area (Å²) < 4.78 is 0. The number of rotatable bonds is 2. The van der Waals surface area contributed by atoms with Gasteiger partial charge < -0.3 is 0 Å². The average Bonchev–Trinajstić information content (AvgIpc) is 2.88. The van der Waals surface area contributed by atoms with Gasteiger partial charge in [-0.25, -0.2) is 0 Å². The summed E-state index contributed by atoms with van der Waals surface area (Å²) >= 11 is 4.91. The molecule has 4 aliphatic rings. The Bertz CT molecular complexity index is 581. The zero-order valence-corrected chi connectivity index (χ0v) is 18.9. The molecule has 9 atom stereocenters. The molecule has 26 heavy (non-hydrogen) atoms. The van der Waals surface area contributed by atoms with Gasteiger partial charge in [0, 0.05) is 5.25 Å². The zero-order valence-electron chi connectivity index (χ0n) is 18.0. The smallest absolute Gasteiger partial charge is 0.00224 e. The number of thiol groups is 1. The van der Waals surface area contributed by atoms with E-state index >= 15 is 0 Å². The number of hydrogen-bond acceptors (Lipinski definition) is 1. The fraction of sp³-hybridized carbons (Fsp3) is 0.920. The van der Waals surface area contributed by atoms with Gasteiger partial charge in [0.2, 0.25) is 0 Å². The standard InChI is InChI=1S/C25H42S/c1-16(2)13-18-7-8-21-20-10-11-23(4)15-19(26)9-12-24(23,5)22(20)14-17(3)25(18,21)6/h17-22,26H,1,7-15H2,2-6H3. The van der Waals surface area contributed by atoms with Gasteiger partial charge in [-0.2, -0.15) is 12.6 Å². The summed E-state index contributed by atoms with van der Waals surface area (Å²) in [6, 6.07) is 0. The van der Waals surface area contributed by atoms with Gasteiger partial charge in [-0.15, -0.1) is 6.58 Å². The molecule has 0 aromatic rings. The Morgan fingerprint density at radius 3 is 2.46 bits per heavy atom. The van der Waals surface area contributed by atoms with Crippen LogP contribution in [0.3, 0.4) is 0 Å². The third-order valence-corrected chi connectivity index (χ3v) is 11.2. The van der Waals surface area contributed by atoms with Crippen molar-refractivity contribution in [3.05, 3.63) is 12.2 Å². The zero-order chi connectivity index (χ0) is 18.9. The molecule has 1 heteroatoms. The highest BCUT2D eigenvalue weighted by Crippen LogP contribution is 2.72. The Morgan fingerprint density at radius 2 is 1.77 bits per heavy atom. The molecule has 4 rings (SSSR count). The van der Waals surface area contributed by atoms with Crippen molar-refractivity contribution in [3.8, 4) is 0 Å². The summed E-state index contributed by atoms with van der Waals surface area (Å²) in [5.41, 5.74) is 3.05. The average molecular weight is 375 g/mol. The largest absolute Gasteiger partial charge is 0.176 e. The predicted octanol–water partition coefficient (Wildman–Crippen LogP) is 7.55. The summed E-state index contributed by atoms with van der Waals surface area (Å²) in [5, 5.41) is 0.641. The Morgan fingerprint density at radius 1 is 1.04 bits per heavy atom. The van der Waals surface area contributed by atoms with Gasteiger partial charge in [-0.1, -0.05) is 33.3 Å². The molecule has 0 spiro atoms. The third kappa shape index (κ3) is 2.54. The van der Waals surface area contributed by atoms with E-state index in [1.807, 2.05) is 0 Å². The lowest BCUT2D eigenvalue weighted by molar-refractivity contribution is -0.167. The van der Waals surface area contributed by atoms with Crippen molar-refractivity contribution in [2.75, 3.05) is 0 Å². The molecule has 4 aliphatic carbocycles. The van der Waals surface area contributed by atoms with Gasteiger partial charge in [-0.05, 0) is 111 Å². The van der Waals surface area contributed by atoms with E-state index in [1.165, 1.54) is 63.4 Å². The van der Waals surface area contributed by atoms with Gasteiger partial charge in [0.1, 0.15) is 0 Å². The Balaban J connectivity index is 1.66. The van der Waals surface area contributed by atoms with Crippen molar-refractivity contribution in [1.82, 2.24) is 0 Å². The molecule has 4 fully saturated rings. The summed E-state index contributed by atoms with van der Waals surface area (Å²) in [4.78, 5) is 0. The lowest BCUT2D eigenvalue weighted by Crippen LogP contribution is -2.59. The monoisotopic (exact) mass is 374 g/mol. The van der Waals surface area contributed by atoms with Crippen molar-refractivity contribution < 1.29 is 0 Å². The van der Waals surface area contributed by atoms with Crippen LogP contribution in [0.5, 0.6) is 0 Å². The Hall–Kier alpha value is 0.0900. The Kier molecular flexibility index (Phi) is 4.70. The first-order valence-electron chi connectivity index (χ1n) is 11.4. The van der Waals surface area contributed by atoms with Crippen molar-refractivity contribution in [1.29, 1.82) is 0 Å². The molecule has 0 saturated heterocycles. The molecule has 0 amide bonds. The highest BCUT2D eigenvalue weighted by atomic mass is 32.1. The maximum absolute atomic E-state index is 4.91. The van der Waals surface area contributed by atoms with E-state index in [-0.39, 0.29) is 0 Å². The highest BCUT2D eigenvalue weighted by molar-refractivity contribution is 7.80. The predicted molar refractivity (Wildman–Crippen MR) is 117 cm³/mol. The molecule has 0 nitrogen and oxygen atoms in total. The second-order valence-electron chi connectivity index (χ2n) is 11.7. The van der Waals surface area contributed by atoms with E-state index in [1.54, 1.807) is 0 Å². The lowest BCUT2D eigenvalue weighted by atomic mass is 9.39. The van der Waals surface area contributed by atoms with Crippen LogP contribution in [-0.4, -0.2) is 5.25 Å². The van der Waals surface area contributed by atoms with E-state index in [2.05, 4.69) is 41.2 Å². The molecule has 0 aromatic carbocycles. The fourth-order valence-corrected chi connectivity index (χ4v) is 9.38. The molecule has 148 valence electrons. The molecule has 0 bridgehead atoms. The SMILES string of the molecule is C=C(C)CC1CCC2C3CCC4(C)CC(S)CCC4(C)C3CC(C)C12C. The molecule has 0 radical (unpaired) electrons. The Labute approximate surface area is 168 Å². The molecular formula is C25H42S. The van der Waals surface area contributed by atoms with Gasteiger partial charge in [0.05, 0.1) is 0 Å². The third-order valence-electron chi connectivity index (χ3n) is 10.7.